The number of amides is 2. The first-order valence-corrected chi connectivity index (χ1v) is 12.7. The van der Waals surface area contributed by atoms with Crippen LogP contribution in [0.3, 0.4) is 0 Å². The van der Waals surface area contributed by atoms with Crippen LogP contribution < -0.4 is 0 Å². The van der Waals surface area contributed by atoms with E-state index in [1.165, 1.54) is 12.1 Å². The molecule has 0 bridgehead atoms. The summed E-state index contributed by atoms with van der Waals surface area (Å²) in [5.41, 5.74) is 2.35. The van der Waals surface area contributed by atoms with Crippen LogP contribution in [0.4, 0.5) is 4.39 Å². The van der Waals surface area contributed by atoms with Crippen molar-refractivity contribution in [2.24, 2.45) is 5.41 Å². The average molecular weight is 508 g/mol. The van der Waals surface area contributed by atoms with E-state index in [2.05, 4.69) is 4.57 Å². The second kappa shape index (κ2) is 13.2. The molecule has 1 aromatic heterocycles. The molecule has 0 atom stereocenters. The summed E-state index contributed by atoms with van der Waals surface area (Å²) >= 11 is 0. The van der Waals surface area contributed by atoms with Gasteiger partial charge < -0.3 is 19.1 Å². The lowest BCUT2D eigenvalue weighted by atomic mass is 9.94. The first-order chi connectivity index (χ1) is 17.7. The van der Waals surface area contributed by atoms with Crippen molar-refractivity contribution in [2.45, 2.75) is 46.8 Å². The quantitative estimate of drug-likeness (QED) is 0.320. The van der Waals surface area contributed by atoms with E-state index in [9.17, 15) is 14.0 Å². The Morgan fingerprint density at radius 2 is 1.59 bits per heavy atom. The Morgan fingerprint density at radius 1 is 0.892 bits per heavy atom. The Morgan fingerprint density at radius 3 is 2.24 bits per heavy atom. The molecule has 37 heavy (non-hydrogen) atoms. The first-order valence-electron chi connectivity index (χ1n) is 12.7. The van der Waals surface area contributed by atoms with Crippen molar-refractivity contribution in [1.29, 1.82) is 0 Å². The van der Waals surface area contributed by atoms with E-state index >= 15 is 0 Å². The van der Waals surface area contributed by atoms with Crippen molar-refractivity contribution >= 4 is 11.8 Å². The molecule has 0 spiro atoms. The maximum absolute atomic E-state index is 13.7. The predicted octanol–water partition coefficient (Wildman–Crippen LogP) is 5.12. The van der Waals surface area contributed by atoms with Gasteiger partial charge in [0.15, 0.2) is 0 Å². The van der Waals surface area contributed by atoms with Gasteiger partial charge in [0, 0.05) is 50.7 Å². The fraction of sp³-hybridized carbons (Fsp3) is 0.400. The summed E-state index contributed by atoms with van der Waals surface area (Å²) in [6, 6.07) is 20.2. The molecule has 6 nitrogen and oxygen atoms in total. The maximum Gasteiger partial charge on any atom is 0.242 e. The Kier molecular flexibility index (Phi) is 10.0. The molecule has 7 heteroatoms. The van der Waals surface area contributed by atoms with Crippen molar-refractivity contribution in [3.63, 3.8) is 0 Å². The van der Waals surface area contributed by atoms with Gasteiger partial charge in [0.25, 0.3) is 0 Å². The summed E-state index contributed by atoms with van der Waals surface area (Å²) < 4.78 is 20.6. The molecule has 0 saturated heterocycles. The molecular formula is C30H38FN3O3. The summed E-state index contributed by atoms with van der Waals surface area (Å²) in [4.78, 5) is 30.3. The molecule has 0 aliphatic heterocycles. The average Bonchev–Trinajstić information content (AvgIpc) is 3.30. The highest BCUT2D eigenvalue weighted by atomic mass is 19.1. The van der Waals surface area contributed by atoms with Gasteiger partial charge in [-0.15, -0.1) is 0 Å². The second-order valence-corrected chi connectivity index (χ2v) is 10.3. The van der Waals surface area contributed by atoms with Crippen LogP contribution in [0.5, 0.6) is 0 Å². The predicted molar refractivity (Wildman–Crippen MR) is 143 cm³/mol. The standard InChI is InChI=1S/C30H38FN3O3/c1-30(2,3)29(36)33(18-9-19-37-4)23-28(35)34(21-24-10-6-5-7-11-24)22-27-12-8-17-32(27)20-25-13-15-26(31)16-14-25/h5-8,10-17H,9,18-23H2,1-4H3. The smallest absolute Gasteiger partial charge is 0.242 e. The third-order valence-electron chi connectivity index (χ3n) is 6.14. The van der Waals surface area contributed by atoms with E-state index < -0.39 is 5.41 Å². The number of rotatable bonds is 12. The summed E-state index contributed by atoms with van der Waals surface area (Å²) in [6.45, 7) is 7.97. The minimum Gasteiger partial charge on any atom is -0.385 e. The molecule has 2 aromatic carbocycles. The van der Waals surface area contributed by atoms with E-state index in [-0.39, 0.29) is 24.2 Å². The number of hydrogen-bond acceptors (Lipinski definition) is 3. The van der Waals surface area contributed by atoms with Crippen LogP contribution in [-0.2, 0) is 34.0 Å². The van der Waals surface area contributed by atoms with Crippen LogP contribution in [0.15, 0.2) is 72.9 Å². The number of benzene rings is 2. The van der Waals surface area contributed by atoms with Crippen molar-refractivity contribution in [3.05, 3.63) is 95.6 Å². The third kappa shape index (κ3) is 8.57. The summed E-state index contributed by atoms with van der Waals surface area (Å²) in [5.74, 6) is -0.444. The number of carbonyl (C=O) groups excluding carboxylic acids is 2. The molecule has 0 fully saturated rings. The van der Waals surface area contributed by atoms with Gasteiger partial charge in [-0.3, -0.25) is 9.59 Å². The van der Waals surface area contributed by atoms with E-state index in [0.717, 1.165) is 16.8 Å². The normalized spacial score (nSPS) is 11.4. The number of methoxy groups -OCH3 is 1. The molecule has 3 rings (SSSR count). The van der Waals surface area contributed by atoms with E-state index in [4.69, 9.17) is 4.74 Å². The monoisotopic (exact) mass is 507 g/mol. The maximum atomic E-state index is 13.7. The van der Waals surface area contributed by atoms with Gasteiger partial charge >= 0.3 is 0 Å². The van der Waals surface area contributed by atoms with Crippen LogP contribution in [0.2, 0.25) is 0 Å². The highest BCUT2D eigenvalue weighted by Gasteiger charge is 2.29. The van der Waals surface area contributed by atoms with E-state index in [0.29, 0.717) is 39.2 Å². The summed E-state index contributed by atoms with van der Waals surface area (Å²) in [7, 11) is 1.63. The molecule has 1 heterocycles. The second-order valence-electron chi connectivity index (χ2n) is 10.3. The van der Waals surface area contributed by atoms with Crippen LogP contribution in [0.25, 0.3) is 0 Å². The molecule has 0 aliphatic rings. The van der Waals surface area contributed by atoms with E-state index in [1.54, 1.807) is 29.0 Å². The Bertz CT molecular complexity index is 1140. The lowest BCUT2D eigenvalue weighted by Gasteiger charge is -2.32. The number of ether oxygens (including phenoxy) is 1. The Balaban J connectivity index is 1.82. The Labute approximate surface area is 219 Å². The molecule has 2 amide bonds. The molecular weight excluding hydrogens is 469 g/mol. The van der Waals surface area contributed by atoms with Crippen LogP contribution in [-0.4, -0.2) is 53.0 Å². The zero-order valence-corrected chi connectivity index (χ0v) is 22.3. The number of hydrogen-bond donors (Lipinski definition) is 0. The van der Waals surface area contributed by atoms with Crippen molar-refractivity contribution in [2.75, 3.05) is 26.8 Å². The molecule has 0 aliphatic carbocycles. The minimum absolute atomic E-state index is 0.00528. The highest BCUT2D eigenvalue weighted by Crippen LogP contribution is 2.19. The SMILES string of the molecule is COCCCN(CC(=O)N(Cc1ccccc1)Cc1cccn1Cc1ccc(F)cc1)C(=O)C(C)(C)C. The lowest BCUT2D eigenvalue weighted by Crippen LogP contribution is -2.47. The number of nitrogens with zero attached hydrogens (tertiary/aromatic N) is 3. The lowest BCUT2D eigenvalue weighted by molar-refractivity contribution is -0.146. The van der Waals surface area contributed by atoms with Gasteiger partial charge in [-0.05, 0) is 41.8 Å². The minimum atomic E-state index is -0.596. The van der Waals surface area contributed by atoms with Gasteiger partial charge in [0.1, 0.15) is 5.82 Å². The summed E-state index contributed by atoms with van der Waals surface area (Å²) in [5, 5.41) is 0. The van der Waals surface area contributed by atoms with Crippen molar-refractivity contribution < 1.29 is 18.7 Å². The van der Waals surface area contributed by atoms with Gasteiger partial charge in [-0.25, -0.2) is 4.39 Å². The third-order valence-corrected chi connectivity index (χ3v) is 6.14. The topological polar surface area (TPSA) is 54.8 Å². The molecule has 198 valence electrons. The Hall–Kier alpha value is -3.45. The molecule has 0 radical (unpaired) electrons. The highest BCUT2D eigenvalue weighted by molar-refractivity contribution is 5.87. The fourth-order valence-electron chi connectivity index (χ4n) is 4.16. The zero-order chi connectivity index (χ0) is 26.8. The number of carbonyl (C=O) groups is 2. The molecule has 0 unspecified atom stereocenters. The summed E-state index contributed by atoms with van der Waals surface area (Å²) in [6.07, 6.45) is 2.62. The van der Waals surface area contributed by atoms with Gasteiger partial charge in [-0.2, -0.15) is 0 Å². The van der Waals surface area contributed by atoms with Crippen LogP contribution in [0.1, 0.15) is 44.0 Å². The fourth-order valence-corrected chi connectivity index (χ4v) is 4.16. The number of halogens is 1. The number of aromatic nitrogens is 1. The largest absolute Gasteiger partial charge is 0.385 e. The molecule has 0 saturated carbocycles. The molecule has 0 N–H and O–H groups in total. The van der Waals surface area contributed by atoms with E-state index in [1.807, 2.05) is 69.4 Å². The van der Waals surface area contributed by atoms with Crippen LogP contribution in [0, 0.1) is 11.2 Å². The van der Waals surface area contributed by atoms with Crippen LogP contribution >= 0.6 is 0 Å². The van der Waals surface area contributed by atoms with Crippen molar-refractivity contribution in [1.82, 2.24) is 14.4 Å². The van der Waals surface area contributed by atoms with Gasteiger partial charge in [0.2, 0.25) is 11.8 Å². The van der Waals surface area contributed by atoms with Gasteiger partial charge in [-0.1, -0.05) is 63.2 Å². The van der Waals surface area contributed by atoms with Crippen molar-refractivity contribution in [3.8, 4) is 0 Å². The first kappa shape index (κ1) is 28.1. The zero-order valence-electron chi connectivity index (χ0n) is 22.3. The molecule has 3 aromatic rings. The van der Waals surface area contributed by atoms with Gasteiger partial charge in [0.05, 0.1) is 13.1 Å².